The van der Waals surface area contributed by atoms with Crippen LogP contribution < -0.4 is 4.90 Å². The fourth-order valence-corrected chi connectivity index (χ4v) is 5.85. The molecule has 0 aromatic heterocycles. The van der Waals surface area contributed by atoms with Gasteiger partial charge < -0.3 is 35.1 Å². The predicted molar refractivity (Wildman–Crippen MR) is 157 cm³/mol. The summed E-state index contributed by atoms with van der Waals surface area (Å²) >= 11 is 0. The number of hydrogen-bond donors (Lipinski definition) is 4. The second-order valence-electron chi connectivity index (χ2n) is 11.5. The molecule has 2 heterocycles. The van der Waals surface area contributed by atoms with Crippen LogP contribution in [0.15, 0.2) is 48.5 Å². The van der Waals surface area contributed by atoms with E-state index in [2.05, 4.69) is 17.0 Å². The molecule has 1 atom stereocenters. The maximum absolute atomic E-state index is 14.0. The fourth-order valence-electron chi connectivity index (χ4n) is 5.85. The molecule has 44 heavy (non-hydrogen) atoms. The van der Waals surface area contributed by atoms with E-state index in [-0.39, 0.29) is 23.5 Å². The molecule has 4 rings (SSSR count). The van der Waals surface area contributed by atoms with Crippen molar-refractivity contribution in [3.8, 4) is 0 Å². The zero-order valence-electron chi connectivity index (χ0n) is 24.9. The van der Waals surface area contributed by atoms with Gasteiger partial charge in [-0.05, 0) is 61.7 Å². The van der Waals surface area contributed by atoms with Crippen molar-refractivity contribution >= 4 is 35.4 Å². The SMILES string of the molecule is CN(C)C(=O)C(Cc1ccccc1)CN1CCC2(CC1)C(=O)N(C)c1ccc(F)cc12.O=C(O)CC(O)(CC(=O)O)C(=O)O. The molecule has 238 valence electrons. The maximum atomic E-state index is 14.0. The predicted octanol–water partition coefficient (Wildman–Crippen LogP) is 1.83. The maximum Gasteiger partial charge on any atom is 0.336 e. The number of carboxylic acids is 3. The van der Waals surface area contributed by atoms with Crippen molar-refractivity contribution in [1.82, 2.24) is 9.80 Å². The van der Waals surface area contributed by atoms with Gasteiger partial charge in [0, 0.05) is 33.4 Å². The molecule has 1 unspecified atom stereocenters. The van der Waals surface area contributed by atoms with Crippen molar-refractivity contribution < 1.29 is 48.8 Å². The van der Waals surface area contributed by atoms with E-state index in [1.807, 2.05) is 18.2 Å². The summed E-state index contributed by atoms with van der Waals surface area (Å²) in [5, 5.41) is 33.8. The second-order valence-corrected chi connectivity index (χ2v) is 11.5. The molecule has 1 saturated heterocycles. The Labute approximate surface area is 254 Å². The quantitative estimate of drug-likeness (QED) is 0.309. The number of carbonyl (C=O) groups excluding carboxylic acids is 2. The van der Waals surface area contributed by atoms with Crippen molar-refractivity contribution in [2.45, 2.75) is 43.1 Å². The Hall–Kier alpha value is -4.36. The number of benzene rings is 2. The van der Waals surface area contributed by atoms with Crippen molar-refractivity contribution in [2.24, 2.45) is 5.92 Å². The van der Waals surface area contributed by atoms with Crippen LogP contribution in [-0.4, -0.2) is 106 Å². The van der Waals surface area contributed by atoms with Crippen LogP contribution in [0.4, 0.5) is 10.1 Å². The number of likely N-dealkylation sites (tertiary alicyclic amines) is 1. The van der Waals surface area contributed by atoms with Gasteiger partial charge in [-0.25, -0.2) is 9.18 Å². The van der Waals surface area contributed by atoms with E-state index in [1.54, 1.807) is 37.0 Å². The molecule has 12 nitrogen and oxygen atoms in total. The molecular formula is C31H38FN3O9. The molecule has 2 aromatic carbocycles. The summed E-state index contributed by atoms with van der Waals surface area (Å²) in [6.07, 6.45) is -0.319. The van der Waals surface area contributed by atoms with E-state index in [0.29, 0.717) is 38.9 Å². The van der Waals surface area contributed by atoms with Gasteiger partial charge in [0.25, 0.3) is 0 Å². The summed E-state index contributed by atoms with van der Waals surface area (Å²) in [6, 6.07) is 14.7. The van der Waals surface area contributed by atoms with Gasteiger partial charge in [0.05, 0.1) is 24.2 Å². The van der Waals surface area contributed by atoms with Crippen molar-refractivity contribution in [1.29, 1.82) is 0 Å². The van der Waals surface area contributed by atoms with Crippen molar-refractivity contribution in [2.75, 3.05) is 45.7 Å². The lowest BCUT2D eigenvalue weighted by molar-refractivity contribution is -0.170. The Morgan fingerprint density at radius 2 is 1.55 bits per heavy atom. The Morgan fingerprint density at radius 3 is 2.05 bits per heavy atom. The van der Waals surface area contributed by atoms with Crippen LogP contribution in [0.3, 0.4) is 0 Å². The zero-order chi connectivity index (χ0) is 32.8. The minimum atomic E-state index is -2.74. The molecule has 0 bridgehead atoms. The Morgan fingerprint density at radius 1 is 0.977 bits per heavy atom. The number of carboxylic acid groups (broad SMARTS) is 3. The zero-order valence-corrected chi connectivity index (χ0v) is 24.9. The summed E-state index contributed by atoms with van der Waals surface area (Å²) < 4.78 is 14.0. The standard InChI is InChI=1S/C25H30FN3O2.C6H8O7/c1-27(2)23(30)19(15-18-7-5-4-6-8-18)17-29-13-11-25(12-14-29)21-16-20(26)9-10-22(21)28(3)24(25)31;7-3(8)1-6(13,5(11)12)2-4(9)10/h4-10,16,19H,11-15,17H2,1-3H3;13H,1-2H2,(H,7,8)(H,9,10)(H,11,12). The van der Waals surface area contributed by atoms with E-state index in [0.717, 1.165) is 16.8 Å². The molecule has 4 N–H and O–H groups in total. The van der Waals surface area contributed by atoms with Gasteiger partial charge in [0.1, 0.15) is 5.82 Å². The number of piperidine rings is 1. The number of fused-ring (bicyclic) bond motifs is 2. The van der Waals surface area contributed by atoms with E-state index in [4.69, 9.17) is 20.4 Å². The number of halogens is 1. The molecule has 0 aliphatic carbocycles. The molecule has 2 aromatic rings. The van der Waals surface area contributed by atoms with Gasteiger partial charge >= 0.3 is 17.9 Å². The molecule has 1 fully saturated rings. The number of nitrogens with zero attached hydrogens (tertiary/aromatic N) is 3. The first kappa shape index (κ1) is 34.1. The third kappa shape index (κ3) is 7.77. The number of likely N-dealkylation sites (N-methyl/N-ethyl adjacent to an activating group) is 1. The number of aliphatic hydroxyl groups is 1. The molecule has 0 saturated carbocycles. The molecule has 2 amide bonds. The molecule has 2 aliphatic rings. The van der Waals surface area contributed by atoms with E-state index in [9.17, 15) is 28.4 Å². The fraction of sp³-hybridized carbons (Fsp3) is 0.452. The minimum Gasteiger partial charge on any atom is -0.481 e. The third-order valence-corrected chi connectivity index (χ3v) is 8.14. The summed E-state index contributed by atoms with van der Waals surface area (Å²) in [6.45, 7) is 2.07. The van der Waals surface area contributed by atoms with Crippen LogP contribution in [0.5, 0.6) is 0 Å². The second kappa shape index (κ2) is 14.0. The van der Waals surface area contributed by atoms with Crippen LogP contribution in [0.25, 0.3) is 0 Å². The van der Waals surface area contributed by atoms with Gasteiger partial charge in [-0.2, -0.15) is 0 Å². The highest BCUT2D eigenvalue weighted by Gasteiger charge is 2.51. The van der Waals surface area contributed by atoms with E-state index >= 15 is 0 Å². The average Bonchev–Trinajstić information content (AvgIpc) is 3.14. The Balaban J connectivity index is 0.000000345. The van der Waals surface area contributed by atoms with E-state index < -0.39 is 41.8 Å². The third-order valence-electron chi connectivity index (χ3n) is 8.14. The number of amides is 2. The molecule has 13 heteroatoms. The normalized spacial score (nSPS) is 16.5. The Bertz CT molecular complexity index is 1380. The smallest absolute Gasteiger partial charge is 0.336 e. The Kier molecular flexibility index (Phi) is 10.8. The first-order valence-electron chi connectivity index (χ1n) is 14.0. The van der Waals surface area contributed by atoms with Crippen LogP contribution in [0.2, 0.25) is 0 Å². The highest BCUT2D eigenvalue weighted by molar-refractivity contribution is 6.07. The van der Waals surface area contributed by atoms with Crippen LogP contribution in [0.1, 0.15) is 36.8 Å². The lowest BCUT2D eigenvalue weighted by atomic mass is 9.73. The highest BCUT2D eigenvalue weighted by atomic mass is 19.1. The molecule has 0 radical (unpaired) electrons. The summed E-state index contributed by atoms with van der Waals surface area (Å²) in [4.78, 5) is 62.1. The number of aliphatic carboxylic acids is 3. The van der Waals surface area contributed by atoms with E-state index in [1.165, 1.54) is 12.1 Å². The monoisotopic (exact) mass is 615 g/mol. The van der Waals surface area contributed by atoms with Gasteiger partial charge in [-0.1, -0.05) is 30.3 Å². The van der Waals surface area contributed by atoms with Gasteiger partial charge in [0.15, 0.2) is 5.60 Å². The lowest BCUT2D eigenvalue weighted by Crippen LogP contribution is -2.50. The summed E-state index contributed by atoms with van der Waals surface area (Å²) in [7, 11) is 5.36. The molecular weight excluding hydrogens is 577 g/mol. The minimum absolute atomic E-state index is 0.0537. The van der Waals surface area contributed by atoms with Crippen LogP contribution in [0, 0.1) is 11.7 Å². The first-order chi connectivity index (χ1) is 20.6. The summed E-state index contributed by atoms with van der Waals surface area (Å²) in [5.74, 6) is -5.29. The van der Waals surface area contributed by atoms with Gasteiger partial charge in [-0.3, -0.25) is 19.2 Å². The number of rotatable bonds is 10. The number of hydrogen-bond acceptors (Lipinski definition) is 7. The van der Waals surface area contributed by atoms with Crippen molar-refractivity contribution in [3.63, 3.8) is 0 Å². The lowest BCUT2D eigenvalue weighted by Gasteiger charge is -2.39. The van der Waals surface area contributed by atoms with Crippen LogP contribution >= 0.6 is 0 Å². The van der Waals surface area contributed by atoms with Gasteiger partial charge in [0.2, 0.25) is 11.8 Å². The van der Waals surface area contributed by atoms with Gasteiger partial charge in [-0.15, -0.1) is 0 Å². The highest BCUT2D eigenvalue weighted by Crippen LogP contribution is 2.47. The number of carbonyl (C=O) groups is 5. The average molecular weight is 616 g/mol. The largest absolute Gasteiger partial charge is 0.481 e. The summed E-state index contributed by atoms with van der Waals surface area (Å²) in [5.41, 5.74) is -0.622. The topological polar surface area (TPSA) is 176 Å². The van der Waals surface area contributed by atoms with Crippen LogP contribution in [-0.2, 0) is 35.8 Å². The molecule has 1 spiro atoms. The first-order valence-corrected chi connectivity index (χ1v) is 14.0. The molecule has 2 aliphatic heterocycles. The van der Waals surface area contributed by atoms with Crippen molar-refractivity contribution in [3.05, 3.63) is 65.5 Å². The number of anilines is 1.